The molecule has 0 aliphatic carbocycles. The van der Waals surface area contributed by atoms with Crippen LogP contribution in [-0.4, -0.2) is 29.9 Å². The van der Waals surface area contributed by atoms with Gasteiger partial charge in [-0.05, 0) is 30.7 Å². The quantitative estimate of drug-likeness (QED) is 0.667. The maximum atomic E-state index is 12.3. The van der Waals surface area contributed by atoms with E-state index in [9.17, 15) is 9.59 Å². The molecule has 0 saturated carbocycles. The lowest BCUT2D eigenvalue weighted by molar-refractivity contribution is -0.122. The van der Waals surface area contributed by atoms with Gasteiger partial charge in [0.25, 0.3) is 5.56 Å². The van der Waals surface area contributed by atoms with E-state index in [0.717, 1.165) is 15.8 Å². The van der Waals surface area contributed by atoms with Crippen LogP contribution in [0.15, 0.2) is 59.4 Å². The molecule has 0 spiro atoms. The predicted molar refractivity (Wildman–Crippen MR) is 110 cm³/mol. The lowest BCUT2D eigenvalue weighted by atomic mass is 10.1. The van der Waals surface area contributed by atoms with Crippen LogP contribution in [0.1, 0.15) is 11.1 Å². The molecule has 7 nitrogen and oxygen atoms in total. The van der Waals surface area contributed by atoms with Gasteiger partial charge in [-0.25, -0.2) is 4.68 Å². The third-order valence-electron chi connectivity index (χ3n) is 4.45. The fourth-order valence-corrected chi connectivity index (χ4v) is 2.81. The van der Waals surface area contributed by atoms with Gasteiger partial charge in [0, 0.05) is 24.2 Å². The number of carbonyl (C=O) groups excluding carboxylic acids is 1. The Morgan fingerprint density at radius 1 is 1.03 bits per heavy atom. The maximum Gasteiger partial charge on any atom is 0.267 e. The Balaban J connectivity index is 1.76. The Kier molecular flexibility index (Phi) is 6.29. The first-order valence-corrected chi connectivity index (χ1v) is 9.13. The van der Waals surface area contributed by atoms with Gasteiger partial charge in [0.15, 0.2) is 0 Å². The normalized spacial score (nSPS) is 10.4. The summed E-state index contributed by atoms with van der Waals surface area (Å²) >= 11 is 0. The van der Waals surface area contributed by atoms with Crippen LogP contribution >= 0.6 is 0 Å². The van der Waals surface area contributed by atoms with Gasteiger partial charge in [-0.1, -0.05) is 29.8 Å². The molecule has 1 amide bonds. The molecule has 0 saturated heterocycles. The summed E-state index contributed by atoms with van der Waals surface area (Å²) in [5.74, 6) is 0.916. The van der Waals surface area contributed by atoms with Gasteiger partial charge in [-0.2, -0.15) is 5.10 Å². The van der Waals surface area contributed by atoms with E-state index >= 15 is 0 Å². The number of aromatic nitrogens is 2. The largest absolute Gasteiger partial charge is 0.497 e. The molecular formula is C22H23N3O4. The van der Waals surface area contributed by atoms with E-state index in [0.29, 0.717) is 29.3 Å². The van der Waals surface area contributed by atoms with Crippen LogP contribution in [0.2, 0.25) is 0 Å². The number of benzene rings is 2. The molecule has 29 heavy (non-hydrogen) atoms. The van der Waals surface area contributed by atoms with Crippen molar-refractivity contribution in [3.63, 3.8) is 0 Å². The molecule has 0 aliphatic heterocycles. The zero-order valence-electron chi connectivity index (χ0n) is 16.6. The molecule has 2 aromatic carbocycles. The van der Waals surface area contributed by atoms with Crippen molar-refractivity contribution in [1.82, 2.24) is 15.1 Å². The second kappa shape index (κ2) is 9.05. The summed E-state index contributed by atoms with van der Waals surface area (Å²) in [6, 6.07) is 16.2. The molecule has 0 atom stereocenters. The van der Waals surface area contributed by atoms with Crippen molar-refractivity contribution < 1.29 is 14.3 Å². The van der Waals surface area contributed by atoms with Crippen LogP contribution in [0.3, 0.4) is 0 Å². The average molecular weight is 393 g/mol. The Labute approximate surface area is 168 Å². The van der Waals surface area contributed by atoms with E-state index in [-0.39, 0.29) is 18.0 Å². The van der Waals surface area contributed by atoms with Gasteiger partial charge in [0.2, 0.25) is 5.91 Å². The van der Waals surface area contributed by atoms with Gasteiger partial charge >= 0.3 is 0 Å². The molecular weight excluding hydrogens is 370 g/mol. The van der Waals surface area contributed by atoms with Crippen LogP contribution in [0.4, 0.5) is 0 Å². The summed E-state index contributed by atoms with van der Waals surface area (Å²) in [4.78, 5) is 24.5. The third kappa shape index (κ3) is 5.01. The Hall–Kier alpha value is -3.61. The van der Waals surface area contributed by atoms with E-state index < -0.39 is 0 Å². The summed E-state index contributed by atoms with van der Waals surface area (Å²) in [5, 5.41) is 7.15. The fourth-order valence-electron chi connectivity index (χ4n) is 2.81. The topological polar surface area (TPSA) is 82.5 Å². The van der Waals surface area contributed by atoms with Crippen molar-refractivity contribution >= 4 is 5.91 Å². The third-order valence-corrected chi connectivity index (χ3v) is 4.45. The highest BCUT2D eigenvalue weighted by Gasteiger charge is 2.12. The molecule has 0 bridgehead atoms. The van der Waals surface area contributed by atoms with Crippen LogP contribution < -0.4 is 20.3 Å². The molecule has 7 heteroatoms. The minimum Gasteiger partial charge on any atom is -0.497 e. The van der Waals surface area contributed by atoms with E-state index in [1.807, 2.05) is 31.2 Å². The number of nitrogens with zero attached hydrogens (tertiary/aromatic N) is 2. The molecule has 0 aliphatic rings. The predicted octanol–water partition coefficient (Wildman–Crippen LogP) is 2.55. The highest BCUT2D eigenvalue weighted by Crippen LogP contribution is 2.31. The Morgan fingerprint density at radius 3 is 2.48 bits per heavy atom. The molecule has 0 radical (unpaired) electrons. The van der Waals surface area contributed by atoms with E-state index in [1.54, 1.807) is 38.5 Å². The monoisotopic (exact) mass is 393 g/mol. The first-order valence-electron chi connectivity index (χ1n) is 9.13. The number of rotatable bonds is 7. The molecule has 0 unspecified atom stereocenters. The zero-order valence-corrected chi connectivity index (χ0v) is 16.6. The van der Waals surface area contributed by atoms with Crippen LogP contribution in [0.5, 0.6) is 11.5 Å². The van der Waals surface area contributed by atoms with Crippen LogP contribution in [0.25, 0.3) is 11.3 Å². The van der Waals surface area contributed by atoms with Crippen molar-refractivity contribution in [2.75, 3.05) is 14.2 Å². The highest BCUT2D eigenvalue weighted by atomic mass is 16.5. The number of carbonyl (C=O) groups is 1. The Bertz CT molecular complexity index is 1060. The summed E-state index contributed by atoms with van der Waals surface area (Å²) in [6.07, 6.45) is 0. The molecule has 0 fully saturated rings. The van der Waals surface area contributed by atoms with E-state index in [4.69, 9.17) is 9.47 Å². The second-order valence-corrected chi connectivity index (χ2v) is 6.54. The smallest absolute Gasteiger partial charge is 0.267 e. The number of methoxy groups -OCH3 is 2. The molecule has 1 N–H and O–H groups in total. The average Bonchev–Trinajstić information content (AvgIpc) is 2.74. The summed E-state index contributed by atoms with van der Waals surface area (Å²) < 4.78 is 11.7. The van der Waals surface area contributed by atoms with Gasteiger partial charge in [-0.3, -0.25) is 9.59 Å². The number of hydrogen-bond donors (Lipinski definition) is 1. The van der Waals surface area contributed by atoms with Gasteiger partial charge in [0.1, 0.15) is 18.0 Å². The van der Waals surface area contributed by atoms with Crippen LogP contribution in [-0.2, 0) is 17.9 Å². The van der Waals surface area contributed by atoms with Crippen molar-refractivity contribution in [2.24, 2.45) is 0 Å². The summed E-state index contributed by atoms with van der Waals surface area (Å²) in [7, 11) is 3.12. The van der Waals surface area contributed by atoms with Crippen LogP contribution in [0, 0.1) is 6.92 Å². The number of amides is 1. The number of ether oxygens (including phenoxy) is 2. The second-order valence-electron chi connectivity index (χ2n) is 6.54. The summed E-state index contributed by atoms with van der Waals surface area (Å²) in [5.41, 5.74) is 3.01. The van der Waals surface area contributed by atoms with Gasteiger partial charge < -0.3 is 14.8 Å². The van der Waals surface area contributed by atoms with Crippen molar-refractivity contribution in [1.29, 1.82) is 0 Å². The molecule has 150 valence electrons. The number of hydrogen-bond acceptors (Lipinski definition) is 5. The SMILES string of the molecule is COc1ccc(-c2ccc(=O)n(CC(=O)NCc3ccc(C)cc3)n2)c(OC)c1. The lowest BCUT2D eigenvalue weighted by Crippen LogP contribution is -2.33. The number of nitrogens with one attached hydrogen (secondary N) is 1. The van der Waals surface area contributed by atoms with Crippen molar-refractivity contribution in [3.05, 3.63) is 76.1 Å². The standard InChI is InChI=1S/C22H23N3O4/c1-15-4-6-16(7-5-15)13-23-21(26)14-25-22(27)11-10-19(24-25)18-9-8-17(28-2)12-20(18)29-3/h4-12H,13-14H2,1-3H3,(H,23,26). The minimum absolute atomic E-state index is 0.170. The first kappa shape index (κ1) is 20.1. The lowest BCUT2D eigenvalue weighted by Gasteiger charge is -2.12. The van der Waals surface area contributed by atoms with Crippen molar-refractivity contribution in [2.45, 2.75) is 20.0 Å². The van der Waals surface area contributed by atoms with Gasteiger partial charge in [-0.15, -0.1) is 0 Å². The Morgan fingerprint density at radius 2 is 1.79 bits per heavy atom. The minimum atomic E-state index is -0.355. The summed E-state index contributed by atoms with van der Waals surface area (Å²) in [6.45, 7) is 2.22. The number of aryl methyl sites for hydroxylation is 1. The van der Waals surface area contributed by atoms with E-state index in [2.05, 4.69) is 10.4 Å². The maximum absolute atomic E-state index is 12.3. The molecule has 3 aromatic rings. The molecule has 3 rings (SSSR count). The highest BCUT2D eigenvalue weighted by molar-refractivity contribution is 5.75. The molecule has 1 heterocycles. The zero-order chi connectivity index (χ0) is 20.8. The molecule has 1 aromatic heterocycles. The van der Waals surface area contributed by atoms with Crippen molar-refractivity contribution in [3.8, 4) is 22.8 Å². The first-order chi connectivity index (χ1) is 14.0. The fraction of sp³-hybridized carbons (Fsp3) is 0.227. The van der Waals surface area contributed by atoms with Gasteiger partial charge in [0.05, 0.1) is 19.9 Å². The van der Waals surface area contributed by atoms with E-state index in [1.165, 1.54) is 6.07 Å².